The quantitative estimate of drug-likeness (QED) is 0.898. The van der Waals surface area contributed by atoms with Gasteiger partial charge in [0.1, 0.15) is 11.6 Å². The summed E-state index contributed by atoms with van der Waals surface area (Å²) in [5, 5.41) is 0. The molecule has 1 aromatic carbocycles. The molecule has 1 heterocycles. The average molecular weight is 254 g/mol. The van der Waals surface area contributed by atoms with Gasteiger partial charge in [0.05, 0.1) is 0 Å². The van der Waals surface area contributed by atoms with Crippen molar-refractivity contribution in [3.05, 3.63) is 35.4 Å². The van der Waals surface area contributed by atoms with Gasteiger partial charge in [0.2, 0.25) is 0 Å². The summed E-state index contributed by atoms with van der Waals surface area (Å²) in [6.07, 6.45) is 1.11. The molecule has 0 spiro atoms. The molecule has 0 saturated carbocycles. The molecule has 18 heavy (non-hydrogen) atoms. The molecule has 1 saturated heterocycles. The summed E-state index contributed by atoms with van der Waals surface area (Å²) in [6, 6.07) is 3.97. The van der Waals surface area contributed by atoms with Crippen LogP contribution in [0.4, 0.5) is 8.78 Å². The zero-order chi connectivity index (χ0) is 13.3. The van der Waals surface area contributed by atoms with Gasteiger partial charge in [-0.1, -0.05) is 6.92 Å². The van der Waals surface area contributed by atoms with Crippen LogP contribution in [0.3, 0.4) is 0 Å². The van der Waals surface area contributed by atoms with Crippen molar-refractivity contribution in [2.75, 3.05) is 13.1 Å². The van der Waals surface area contributed by atoms with Crippen LogP contribution in [0.1, 0.15) is 31.9 Å². The minimum Gasteiger partial charge on any atom is -0.329 e. The van der Waals surface area contributed by atoms with E-state index in [1.54, 1.807) is 0 Å². The first-order valence-corrected chi connectivity index (χ1v) is 6.43. The fourth-order valence-electron chi connectivity index (χ4n) is 3.00. The Morgan fingerprint density at radius 3 is 2.33 bits per heavy atom. The Balaban J connectivity index is 2.27. The predicted octanol–water partition coefficient (Wildman–Crippen LogP) is 2.69. The van der Waals surface area contributed by atoms with Gasteiger partial charge in [-0.25, -0.2) is 8.78 Å². The molecule has 1 aromatic rings. The van der Waals surface area contributed by atoms with Crippen molar-refractivity contribution in [2.24, 2.45) is 11.7 Å². The summed E-state index contributed by atoms with van der Waals surface area (Å²) in [4.78, 5) is 2.25. The Labute approximate surface area is 107 Å². The molecule has 4 heteroatoms. The molecule has 0 bridgehead atoms. The molecule has 3 atom stereocenters. The van der Waals surface area contributed by atoms with Crippen molar-refractivity contribution in [3.63, 3.8) is 0 Å². The lowest BCUT2D eigenvalue weighted by Crippen LogP contribution is -2.36. The van der Waals surface area contributed by atoms with Gasteiger partial charge in [-0.3, -0.25) is 4.90 Å². The highest BCUT2D eigenvalue weighted by Crippen LogP contribution is 2.31. The second kappa shape index (κ2) is 5.33. The van der Waals surface area contributed by atoms with E-state index in [-0.39, 0.29) is 6.04 Å². The van der Waals surface area contributed by atoms with Gasteiger partial charge in [0.15, 0.2) is 0 Å². The van der Waals surface area contributed by atoms with E-state index in [1.807, 2.05) is 0 Å². The zero-order valence-corrected chi connectivity index (χ0v) is 10.9. The predicted molar refractivity (Wildman–Crippen MR) is 68.1 cm³/mol. The van der Waals surface area contributed by atoms with Crippen molar-refractivity contribution in [3.8, 4) is 0 Å². The normalized spacial score (nSPS) is 26.5. The monoisotopic (exact) mass is 254 g/mol. The molecule has 2 rings (SSSR count). The Kier molecular flexibility index (Phi) is 3.97. The molecule has 1 aliphatic rings. The Morgan fingerprint density at radius 2 is 1.89 bits per heavy atom. The fraction of sp³-hybridized carbons (Fsp3) is 0.571. The number of nitrogens with two attached hydrogens (primary N) is 1. The van der Waals surface area contributed by atoms with Crippen LogP contribution in [-0.4, -0.2) is 24.0 Å². The van der Waals surface area contributed by atoms with Gasteiger partial charge in [-0.15, -0.1) is 0 Å². The molecule has 0 aromatic heterocycles. The SMILES string of the molecule is CC1CC(C)N(C(CN)c2cc(F)cc(F)c2)C1. The number of hydrogen-bond donors (Lipinski definition) is 1. The van der Waals surface area contributed by atoms with Crippen LogP contribution >= 0.6 is 0 Å². The molecular formula is C14H20F2N2. The van der Waals surface area contributed by atoms with E-state index in [2.05, 4.69) is 18.7 Å². The summed E-state index contributed by atoms with van der Waals surface area (Å²) in [5.74, 6) is -0.473. The molecule has 0 amide bonds. The minimum absolute atomic E-state index is 0.102. The largest absolute Gasteiger partial charge is 0.329 e. The standard InChI is InChI=1S/C14H20F2N2/c1-9-3-10(2)18(8-9)14(7-17)11-4-12(15)6-13(16)5-11/h4-6,9-10,14H,3,7-8,17H2,1-2H3. The summed E-state index contributed by atoms with van der Waals surface area (Å²) in [6.45, 7) is 5.64. The summed E-state index contributed by atoms with van der Waals surface area (Å²) in [5.41, 5.74) is 6.44. The van der Waals surface area contributed by atoms with E-state index in [0.717, 1.165) is 19.0 Å². The third kappa shape index (κ3) is 2.70. The topological polar surface area (TPSA) is 29.3 Å². The second-order valence-electron chi connectivity index (χ2n) is 5.34. The Hall–Kier alpha value is -1.00. The van der Waals surface area contributed by atoms with Crippen LogP contribution in [0.2, 0.25) is 0 Å². The number of benzene rings is 1. The van der Waals surface area contributed by atoms with Crippen LogP contribution in [-0.2, 0) is 0 Å². The Morgan fingerprint density at radius 1 is 1.28 bits per heavy atom. The molecular weight excluding hydrogens is 234 g/mol. The first-order chi connectivity index (χ1) is 8.51. The maximum atomic E-state index is 13.3. The van der Waals surface area contributed by atoms with Gasteiger partial charge in [-0.05, 0) is 37.0 Å². The average Bonchev–Trinajstić information content (AvgIpc) is 2.58. The summed E-state index contributed by atoms with van der Waals surface area (Å²) < 4.78 is 26.6. The highest BCUT2D eigenvalue weighted by Gasteiger charge is 2.32. The van der Waals surface area contributed by atoms with Gasteiger partial charge in [0.25, 0.3) is 0 Å². The smallest absolute Gasteiger partial charge is 0.126 e. The lowest BCUT2D eigenvalue weighted by Gasteiger charge is -2.31. The fourth-order valence-corrected chi connectivity index (χ4v) is 3.00. The molecule has 1 fully saturated rings. The Bertz CT molecular complexity index is 402. The molecule has 2 N–H and O–H groups in total. The summed E-state index contributed by atoms with van der Waals surface area (Å²) in [7, 11) is 0. The molecule has 0 radical (unpaired) electrons. The van der Waals surface area contributed by atoms with Crippen LogP contribution < -0.4 is 5.73 Å². The van der Waals surface area contributed by atoms with Crippen molar-refractivity contribution in [1.82, 2.24) is 4.90 Å². The molecule has 1 aliphatic heterocycles. The lowest BCUT2D eigenvalue weighted by atomic mass is 10.0. The number of nitrogens with zero attached hydrogens (tertiary/aromatic N) is 1. The highest BCUT2D eigenvalue weighted by atomic mass is 19.1. The third-order valence-corrected chi connectivity index (χ3v) is 3.73. The van der Waals surface area contributed by atoms with Crippen LogP contribution in [0, 0.1) is 17.6 Å². The molecule has 100 valence electrons. The third-order valence-electron chi connectivity index (χ3n) is 3.73. The van der Waals surface area contributed by atoms with E-state index in [9.17, 15) is 8.78 Å². The van der Waals surface area contributed by atoms with E-state index in [0.29, 0.717) is 24.1 Å². The zero-order valence-electron chi connectivity index (χ0n) is 10.9. The van der Waals surface area contributed by atoms with Gasteiger partial charge < -0.3 is 5.73 Å². The van der Waals surface area contributed by atoms with Crippen LogP contribution in [0.15, 0.2) is 18.2 Å². The van der Waals surface area contributed by atoms with Gasteiger partial charge >= 0.3 is 0 Å². The van der Waals surface area contributed by atoms with Gasteiger partial charge in [-0.2, -0.15) is 0 Å². The number of likely N-dealkylation sites (tertiary alicyclic amines) is 1. The van der Waals surface area contributed by atoms with E-state index < -0.39 is 11.6 Å². The lowest BCUT2D eigenvalue weighted by molar-refractivity contribution is 0.191. The van der Waals surface area contributed by atoms with Gasteiger partial charge in [0, 0.05) is 31.2 Å². The van der Waals surface area contributed by atoms with Crippen LogP contribution in [0.5, 0.6) is 0 Å². The van der Waals surface area contributed by atoms with Crippen molar-refractivity contribution in [2.45, 2.75) is 32.4 Å². The number of halogens is 2. The van der Waals surface area contributed by atoms with E-state index >= 15 is 0 Å². The number of hydrogen-bond acceptors (Lipinski definition) is 2. The summed E-state index contributed by atoms with van der Waals surface area (Å²) >= 11 is 0. The van der Waals surface area contributed by atoms with E-state index in [4.69, 9.17) is 5.73 Å². The first kappa shape index (κ1) is 13.4. The second-order valence-corrected chi connectivity index (χ2v) is 5.34. The first-order valence-electron chi connectivity index (χ1n) is 6.43. The van der Waals surface area contributed by atoms with Crippen molar-refractivity contribution >= 4 is 0 Å². The highest BCUT2D eigenvalue weighted by molar-refractivity contribution is 5.22. The van der Waals surface area contributed by atoms with Crippen molar-refractivity contribution < 1.29 is 8.78 Å². The minimum atomic E-state index is -0.539. The maximum Gasteiger partial charge on any atom is 0.126 e. The molecule has 3 unspecified atom stereocenters. The van der Waals surface area contributed by atoms with Crippen LogP contribution in [0.25, 0.3) is 0 Å². The molecule has 0 aliphatic carbocycles. The maximum absolute atomic E-state index is 13.3. The molecule has 2 nitrogen and oxygen atoms in total. The van der Waals surface area contributed by atoms with Crippen molar-refractivity contribution in [1.29, 1.82) is 0 Å². The van der Waals surface area contributed by atoms with E-state index in [1.165, 1.54) is 12.1 Å². The number of rotatable bonds is 3.